The molecule has 0 aliphatic carbocycles. The Bertz CT molecular complexity index is 307. The molecule has 2 rings (SSSR count). The number of hydrogen-bond donors (Lipinski definition) is 1. The molecule has 0 saturated carbocycles. The van der Waals surface area contributed by atoms with E-state index in [4.69, 9.17) is 10.5 Å². The van der Waals surface area contributed by atoms with Crippen molar-refractivity contribution in [1.29, 1.82) is 0 Å². The van der Waals surface area contributed by atoms with Gasteiger partial charge in [-0.25, -0.2) is 4.68 Å². The number of aryl methyl sites for hydroxylation is 1. The molecule has 0 aromatic carbocycles. The Hall–Kier alpha value is -0.940. The zero-order chi connectivity index (χ0) is 11.2. The van der Waals surface area contributed by atoms with Crippen LogP contribution in [0.5, 0.6) is 0 Å². The lowest BCUT2D eigenvalue weighted by Crippen LogP contribution is -2.19. The van der Waals surface area contributed by atoms with Gasteiger partial charge in [-0.05, 0) is 38.6 Å². The minimum absolute atomic E-state index is 0.476. The smallest absolute Gasteiger partial charge is 0.0827 e. The van der Waals surface area contributed by atoms with Crippen LogP contribution in [-0.2, 0) is 11.2 Å². The van der Waals surface area contributed by atoms with Crippen LogP contribution in [0.2, 0.25) is 0 Å². The summed E-state index contributed by atoms with van der Waals surface area (Å²) in [7, 11) is 0. The summed E-state index contributed by atoms with van der Waals surface area (Å²) >= 11 is 0. The third kappa shape index (κ3) is 3.02. The molecule has 90 valence electrons. The predicted molar refractivity (Wildman–Crippen MR) is 61.1 cm³/mol. The Morgan fingerprint density at radius 2 is 2.19 bits per heavy atom. The maximum atomic E-state index is 5.46. The van der Waals surface area contributed by atoms with Crippen LogP contribution >= 0.6 is 0 Å². The molecule has 16 heavy (non-hydrogen) atoms. The number of nitrogens with zero attached hydrogens (tertiary/aromatic N) is 3. The minimum atomic E-state index is 0.476. The van der Waals surface area contributed by atoms with Crippen molar-refractivity contribution in [3.8, 4) is 0 Å². The summed E-state index contributed by atoms with van der Waals surface area (Å²) in [5, 5.41) is 8.39. The maximum absolute atomic E-state index is 5.46. The van der Waals surface area contributed by atoms with Crippen LogP contribution in [0.3, 0.4) is 0 Å². The molecule has 0 radical (unpaired) electrons. The van der Waals surface area contributed by atoms with Crippen molar-refractivity contribution in [1.82, 2.24) is 15.0 Å². The van der Waals surface area contributed by atoms with Gasteiger partial charge in [0.1, 0.15) is 0 Å². The summed E-state index contributed by atoms with van der Waals surface area (Å²) in [5.74, 6) is 0. The first-order chi connectivity index (χ1) is 7.90. The summed E-state index contributed by atoms with van der Waals surface area (Å²) in [5.41, 5.74) is 6.54. The van der Waals surface area contributed by atoms with Gasteiger partial charge in [0.2, 0.25) is 0 Å². The van der Waals surface area contributed by atoms with E-state index in [2.05, 4.69) is 16.5 Å². The molecule has 1 aliphatic heterocycles. The van der Waals surface area contributed by atoms with Crippen molar-refractivity contribution in [2.45, 2.75) is 38.1 Å². The molecular formula is C11H20N4O. The Morgan fingerprint density at radius 1 is 1.38 bits per heavy atom. The molecule has 1 saturated heterocycles. The number of ether oxygens (including phenoxy) is 1. The van der Waals surface area contributed by atoms with E-state index in [1.165, 1.54) is 0 Å². The molecule has 1 aromatic heterocycles. The zero-order valence-electron chi connectivity index (χ0n) is 9.64. The second kappa shape index (κ2) is 5.96. The second-order valence-corrected chi connectivity index (χ2v) is 4.28. The molecule has 1 aliphatic rings. The van der Waals surface area contributed by atoms with Crippen molar-refractivity contribution < 1.29 is 4.74 Å². The summed E-state index contributed by atoms with van der Waals surface area (Å²) in [6, 6.07) is 0.476. The normalized spacial score (nSPS) is 17.8. The molecule has 0 atom stereocenters. The lowest BCUT2D eigenvalue weighted by atomic mass is 10.1. The quantitative estimate of drug-likeness (QED) is 0.755. The van der Waals surface area contributed by atoms with Gasteiger partial charge in [-0.1, -0.05) is 5.21 Å². The molecule has 0 bridgehead atoms. The SMILES string of the molecule is NCCCCc1cn(C2CCOCC2)nn1. The maximum Gasteiger partial charge on any atom is 0.0827 e. The van der Waals surface area contributed by atoms with Crippen LogP contribution in [0.1, 0.15) is 37.4 Å². The van der Waals surface area contributed by atoms with E-state index in [1.54, 1.807) is 0 Å². The third-order valence-electron chi connectivity index (χ3n) is 3.01. The molecule has 2 N–H and O–H groups in total. The molecule has 0 spiro atoms. The Labute approximate surface area is 96.0 Å². The molecule has 1 fully saturated rings. The van der Waals surface area contributed by atoms with Gasteiger partial charge in [-0.2, -0.15) is 0 Å². The number of unbranched alkanes of at least 4 members (excludes halogenated alkanes) is 1. The van der Waals surface area contributed by atoms with Crippen molar-refractivity contribution in [2.75, 3.05) is 19.8 Å². The van der Waals surface area contributed by atoms with Gasteiger partial charge in [-0.3, -0.25) is 0 Å². The van der Waals surface area contributed by atoms with Gasteiger partial charge in [-0.15, -0.1) is 5.10 Å². The van der Waals surface area contributed by atoms with Gasteiger partial charge in [0.25, 0.3) is 0 Å². The third-order valence-corrected chi connectivity index (χ3v) is 3.01. The van der Waals surface area contributed by atoms with Gasteiger partial charge >= 0.3 is 0 Å². The predicted octanol–water partition coefficient (Wildman–Crippen LogP) is 0.911. The van der Waals surface area contributed by atoms with Gasteiger partial charge in [0.15, 0.2) is 0 Å². The molecule has 0 amide bonds. The van der Waals surface area contributed by atoms with E-state index in [1.807, 2.05) is 4.68 Å². The lowest BCUT2D eigenvalue weighted by Gasteiger charge is -2.21. The first-order valence-corrected chi connectivity index (χ1v) is 6.08. The second-order valence-electron chi connectivity index (χ2n) is 4.28. The first-order valence-electron chi connectivity index (χ1n) is 6.08. The van der Waals surface area contributed by atoms with Gasteiger partial charge in [0.05, 0.1) is 11.7 Å². The zero-order valence-corrected chi connectivity index (χ0v) is 9.64. The molecule has 0 unspecified atom stereocenters. The van der Waals surface area contributed by atoms with Crippen LogP contribution in [0.15, 0.2) is 6.20 Å². The molecular weight excluding hydrogens is 204 g/mol. The molecule has 5 heteroatoms. The van der Waals surface area contributed by atoms with Gasteiger partial charge < -0.3 is 10.5 Å². The highest BCUT2D eigenvalue weighted by Crippen LogP contribution is 2.19. The van der Waals surface area contributed by atoms with E-state index in [-0.39, 0.29) is 0 Å². The van der Waals surface area contributed by atoms with Crippen molar-refractivity contribution in [2.24, 2.45) is 5.73 Å². The lowest BCUT2D eigenvalue weighted by molar-refractivity contribution is 0.0657. The van der Waals surface area contributed by atoms with E-state index < -0.39 is 0 Å². The number of nitrogens with two attached hydrogens (primary N) is 1. The highest BCUT2D eigenvalue weighted by Gasteiger charge is 2.16. The molecule has 1 aromatic rings. The average Bonchev–Trinajstić information content (AvgIpc) is 2.79. The van der Waals surface area contributed by atoms with E-state index >= 15 is 0 Å². The summed E-state index contributed by atoms with van der Waals surface area (Å²) in [6.07, 6.45) is 7.32. The number of hydrogen-bond acceptors (Lipinski definition) is 4. The molecule has 5 nitrogen and oxygen atoms in total. The van der Waals surface area contributed by atoms with E-state index in [9.17, 15) is 0 Å². The van der Waals surface area contributed by atoms with Crippen LogP contribution in [0.4, 0.5) is 0 Å². The summed E-state index contributed by atoms with van der Waals surface area (Å²) in [4.78, 5) is 0. The van der Waals surface area contributed by atoms with Crippen molar-refractivity contribution in [3.63, 3.8) is 0 Å². The Kier molecular flexibility index (Phi) is 4.30. The van der Waals surface area contributed by atoms with E-state index in [0.29, 0.717) is 6.04 Å². The molecule has 2 heterocycles. The first kappa shape index (κ1) is 11.5. The van der Waals surface area contributed by atoms with Crippen LogP contribution in [0.25, 0.3) is 0 Å². The fraction of sp³-hybridized carbons (Fsp3) is 0.818. The monoisotopic (exact) mass is 224 g/mol. The van der Waals surface area contributed by atoms with Crippen molar-refractivity contribution in [3.05, 3.63) is 11.9 Å². The fourth-order valence-corrected chi connectivity index (χ4v) is 2.01. The van der Waals surface area contributed by atoms with E-state index in [0.717, 1.165) is 57.6 Å². The Morgan fingerprint density at radius 3 is 2.94 bits per heavy atom. The minimum Gasteiger partial charge on any atom is -0.381 e. The highest BCUT2D eigenvalue weighted by atomic mass is 16.5. The van der Waals surface area contributed by atoms with Crippen LogP contribution in [-0.4, -0.2) is 34.8 Å². The Balaban J connectivity index is 1.85. The van der Waals surface area contributed by atoms with Gasteiger partial charge in [0, 0.05) is 19.4 Å². The number of rotatable bonds is 5. The average molecular weight is 224 g/mol. The largest absolute Gasteiger partial charge is 0.381 e. The summed E-state index contributed by atoms with van der Waals surface area (Å²) in [6.45, 7) is 2.44. The van der Waals surface area contributed by atoms with Crippen molar-refractivity contribution >= 4 is 0 Å². The fourth-order valence-electron chi connectivity index (χ4n) is 2.01. The highest BCUT2D eigenvalue weighted by molar-refractivity contribution is 4.93. The van der Waals surface area contributed by atoms with Crippen LogP contribution in [0, 0.1) is 0 Å². The topological polar surface area (TPSA) is 66.0 Å². The summed E-state index contributed by atoms with van der Waals surface area (Å²) < 4.78 is 7.33. The van der Waals surface area contributed by atoms with Crippen LogP contribution < -0.4 is 5.73 Å². The standard InChI is InChI=1S/C11H20N4O/c12-6-2-1-3-10-9-15(14-13-10)11-4-7-16-8-5-11/h9,11H,1-8,12H2. The number of aromatic nitrogens is 3.